The van der Waals surface area contributed by atoms with Gasteiger partial charge in [-0.3, -0.25) is 14.4 Å². The molecule has 99 heavy (non-hydrogen) atoms. The van der Waals surface area contributed by atoms with Gasteiger partial charge in [0, 0.05) is 38.9 Å². The Kier molecular flexibility index (Phi) is 43.6. The zero-order valence-corrected chi connectivity index (χ0v) is 62.5. The quantitative estimate of drug-likeness (QED) is 0.0203. The third-order valence-corrected chi connectivity index (χ3v) is 16.8. The summed E-state index contributed by atoms with van der Waals surface area (Å²) in [6.45, 7) is 9.52. The van der Waals surface area contributed by atoms with Gasteiger partial charge >= 0.3 is 17.9 Å². The number of ether oxygens (including phenoxy) is 9. The van der Waals surface area contributed by atoms with Crippen molar-refractivity contribution in [2.24, 2.45) is 0 Å². The van der Waals surface area contributed by atoms with Crippen molar-refractivity contribution in [3.8, 4) is 34.5 Å². The van der Waals surface area contributed by atoms with Crippen LogP contribution in [-0.4, -0.2) is 154 Å². The lowest BCUT2D eigenvalue weighted by Crippen LogP contribution is -2.35. The van der Waals surface area contributed by atoms with Crippen LogP contribution in [0, 0.1) is 0 Å². The molecule has 6 aromatic carbocycles. The van der Waals surface area contributed by atoms with Crippen molar-refractivity contribution in [2.75, 3.05) is 103 Å². The Morgan fingerprint density at radius 2 is 0.556 bits per heavy atom. The number of hydrogen-bond acceptors (Lipinski definition) is 15. The molecule has 546 valence electrons. The minimum absolute atomic E-state index is 0.130. The first-order valence-electron chi connectivity index (χ1n) is 36.6. The Labute approximate surface area is 596 Å². The maximum atomic E-state index is 12.3. The fourth-order valence-corrected chi connectivity index (χ4v) is 11.3. The molecule has 0 amide bonds. The van der Waals surface area contributed by atoms with E-state index in [0.717, 1.165) is 128 Å². The summed E-state index contributed by atoms with van der Waals surface area (Å²) in [6, 6.07) is 48.8. The molecule has 0 aliphatic heterocycles. The number of carbonyl (C=O) groups excluding carboxylic acids is 3. The predicted molar refractivity (Wildman–Crippen MR) is 402 cm³/mol. The number of aryl methyl sites for hydroxylation is 6. The largest absolute Gasteiger partial charge is 0.497 e. The van der Waals surface area contributed by atoms with E-state index in [2.05, 4.69) is 75.4 Å². The summed E-state index contributed by atoms with van der Waals surface area (Å²) in [5, 5.41) is 0. The first-order chi connectivity index (χ1) is 48.0. The lowest BCUT2D eigenvalue weighted by atomic mass is 10.0. The molecule has 0 aromatic heterocycles. The second kappa shape index (κ2) is 51.5. The van der Waals surface area contributed by atoms with Crippen LogP contribution in [0.25, 0.3) is 0 Å². The summed E-state index contributed by atoms with van der Waals surface area (Å²) in [4.78, 5) is 43.1. The maximum absolute atomic E-state index is 12.3. The molecule has 15 nitrogen and oxygen atoms in total. The summed E-state index contributed by atoms with van der Waals surface area (Å²) < 4.78 is 51.5. The van der Waals surface area contributed by atoms with Crippen LogP contribution in [0.1, 0.15) is 170 Å². The van der Waals surface area contributed by atoms with Gasteiger partial charge in [0.05, 0.1) is 21.3 Å². The summed E-state index contributed by atoms with van der Waals surface area (Å²) in [6.07, 6.45) is 22.7. The first-order valence-corrected chi connectivity index (χ1v) is 36.6. The summed E-state index contributed by atoms with van der Waals surface area (Å²) in [5.41, 5.74) is 7.22. The Balaban J connectivity index is 0.000000315. The van der Waals surface area contributed by atoms with E-state index in [1.54, 1.807) is 21.3 Å². The van der Waals surface area contributed by atoms with Gasteiger partial charge in [-0.2, -0.15) is 0 Å². The van der Waals surface area contributed by atoms with E-state index < -0.39 is 0 Å². The van der Waals surface area contributed by atoms with Crippen LogP contribution in [0.4, 0.5) is 0 Å². The van der Waals surface area contributed by atoms with Crippen LogP contribution in [-0.2, 0) is 67.1 Å². The van der Waals surface area contributed by atoms with E-state index in [9.17, 15) is 14.4 Å². The molecular weight excluding hydrogens is 1240 g/mol. The molecule has 0 heterocycles. The molecule has 0 saturated heterocycles. The van der Waals surface area contributed by atoms with Crippen LogP contribution >= 0.6 is 0 Å². The van der Waals surface area contributed by atoms with Crippen molar-refractivity contribution in [1.29, 1.82) is 0 Å². The van der Waals surface area contributed by atoms with Gasteiger partial charge in [0.1, 0.15) is 72.6 Å². The van der Waals surface area contributed by atoms with Gasteiger partial charge in [-0.25, -0.2) is 0 Å². The van der Waals surface area contributed by atoms with E-state index in [-0.39, 0.29) is 36.2 Å². The standard InChI is InChI=1S/3C28H41NO4/c3*1-5-6-7-8-9-14-28(30)33-26(21-29(2)3)22-32-27-13-11-10-12-24(27)18-15-23-16-19-25(31-4)20-17-23/h3*10-13,16-17,19-20,26H,5-9,14-15,18,21-22H2,1-4H3/t2*26-;/m10./s1. The predicted octanol–water partition coefficient (Wildman–Crippen LogP) is 17.1. The number of rotatable bonds is 48. The molecule has 0 fully saturated rings. The number of nitrogens with zero attached hydrogens (tertiary/aromatic N) is 3. The molecule has 15 heteroatoms. The molecular formula is C84H123N3O12. The molecule has 6 rings (SSSR count). The van der Waals surface area contributed by atoms with Gasteiger partial charge in [-0.1, -0.05) is 189 Å². The number of hydrogen-bond donors (Lipinski definition) is 0. The molecule has 6 aromatic rings. The summed E-state index contributed by atoms with van der Waals surface area (Å²) in [7, 11) is 16.9. The molecule has 0 saturated carbocycles. The Morgan fingerprint density at radius 1 is 0.313 bits per heavy atom. The normalized spacial score (nSPS) is 11.9. The highest BCUT2D eigenvalue weighted by Gasteiger charge is 2.21. The molecule has 0 aliphatic rings. The average Bonchev–Trinajstić information content (AvgIpc) is 0.926. The van der Waals surface area contributed by atoms with Crippen molar-refractivity contribution >= 4 is 17.9 Å². The van der Waals surface area contributed by atoms with Crippen LogP contribution in [0.5, 0.6) is 34.5 Å². The summed E-state index contributed by atoms with van der Waals surface area (Å²) in [5.74, 6) is 4.76. The van der Waals surface area contributed by atoms with Crippen molar-refractivity contribution in [3.63, 3.8) is 0 Å². The maximum Gasteiger partial charge on any atom is 0.306 e. The van der Waals surface area contributed by atoms with Gasteiger partial charge in [0.25, 0.3) is 0 Å². The number of methoxy groups -OCH3 is 3. The number of likely N-dealkylation sites (N-methyl/N-ethyl adjacent to an activating group) is 3. The summed E-state index contributed by atoms with van der Waals surface area (Å²) >= 11 is 0. The number of unbranched alkanes of at least 4 members (excludes halogenated alkanes) is 12. The van der Waals surface area contributed by atoms with Gasteiger partial charge in [-0.05, 0) is 188 Å². The SMILES string of the molecule is CCCCCCCC(=O)OC(COc1ccccc1CCc1ccc(OC)cc1)CN(C)C.CCCCCCCC(=O)O[C@@H](COc1ccccc1CCc1ccc(OC)cc1)CN(C)C.CCCCCCCC(=O)O[C@H](COc1ccccc1CCc1ccc(OC)cc1)CN(C)C. The van der Waals surface area contributed by atoms with E-state index >= 15 is 0 Å². The van der Waals surface area contributed by atoms with E-state index in [1.165, 1.54) is 74.5 Å². The fourth-order valence-electron chi connectivity index (χ4n) is 11.3. The first kappa shape index (κ1) is 83.8. The molecule has 0 N–H and O–H groups in total. The highest BCUT2D eigenvalue weighted by Crippen LogP contribution is 2.26. The molecule has 0 spiro atoms. The Bertz CT molecular complexity index is 2740. The topological polar surface area (TPSA) is 144 Å². The van der Waals surface area contributed by atoms with Gasteiger partial charge < -0.3 is 57.3 Å². The number of carbonyl (C=O) groups is 3. The zero-order chi connectivity index (χ0) is 71.7. The van der Waals surface area contributed by atoms with Crippen molar-refractivity contribution < 1.29 is 57.0 Å². The Morgan fingerprint density at radius 3 is 0.788 bits per heavy atom. The molecule has 0 bridgehead atoms. The number of para-hydroxylation sites is 3. The average molecular weight is 1370 g/mol. The van der Waals surface area contributed by atoms with Gasteiger partial charge in [0.2, 0.25) is 0 Å². The third kappa shape index (κ3) is 38.0. The van der Waals surface area contributed by atoms with Crippen LogP contribution in [0.3, 0.4) is 0 Å². The van der Waals surface area contributed by atoms with Gasteiger partial charge in [-0.15, -0.1) is 0 Å². The van der Waals surface area contributed by atoms with E-state index in [4.69, 9.17) is 42.6 Å². The number of benzene rings is 6. The monoisotopic (exact) mass is 1370 g/mol. The zero-order valence-electron chi connectivity index (χ0n) is 62.5. The van der Waals surface area contributed by atoms with Crippen LogP contribution in [0.15, 0.2) is 146 Å². The minimum atomic E-state index is -0.294. The second-order valence-corrected chi connectivity index (χ2v) is 26.4. The highest BCUT2D eigenvalue weighted by molar-refractivity contribution is 5.70. The molecule has 1 unspecified atom stereocenters. The third-order valence-electron chi connectivity index (χ3n) is 16.8. The van der Waals surface area contributed by atoms with E-state index in [0.29, 0.717) is 58.7 Å². The Hall–Kier alpha value is -7.59. The number of esters is 3. The second-order valence-electron chi connectivity index (χ2n) is 26.4. The van der Waals surface area contributed by atoms with Crippen molar-refractivity contribution in [2.45, 2.75) is 193 Å². The highest BCUT2D eigenvalue weighted by atomic mass is 16.6. The van der Waals surface area contributed by atoms with Crippen molar-refractivity contribution in [1.82, 2.24) is 14.7 Å². The van der Waals surface area contributed by atoms with Crippen LogP contribution in [0.2, 0.25) is 0 Å². The minimum Gasteiger partial charge on any atom is -0.497 e. The fraction of sp³-hybridized carbons (Fsp3) is 0.536. The lowest BCUT2D eigenvalue weighted by Gasteiger charge is -2.22. The van der Waals surface area contributed by atoms with Gasteiger partial charge in [0.15, 0.2) is 0 Å². The van der Waals surface area contributed by atoms with Crippen molar-refractivity contribution in [3.05, 3.63) is 179 Å². The molecule has 0 aliphatic carbocycles. The van der Waals surface area contributed by atoms with E-state index in [1.807, 2.05) is 148 Å². The smallest absolute Gasteiger partial charge is 0.306 e. The lowest BCUT2D eigenvalue weighted by molar-refractivity contribution is -0.152. The molecule has 0 radical (unpaired) electrons. The molecule has 3 atom stereocenters. The van der Waals surface area contributed by atoms with Crippen LogP contribution < -0.4 is 28.4 Å².